The summed E-state index contributed by atoms with van der Waals surface area (Å²) in [6.45, 7) is 2.97. The molecule has 6 nitrogen and oxygen atoms in total. The van der Waals surface area contributed by atoms with Crippen LogP contribution in [0.3, 0.4) is 0 Å². The van der Waals surface area contributed by atoms with Crippen LogP contribution in [0, 0.1) is 6.92 Å². The molecule has 0 unspecified atom stereocenters. The van der Waals surface area contributed by atoms with Crippen LogP contribution in [0.4, 0.5) is 5.69 Å². The smallest absolute Gasteiger partial charge is 0.244 e. The maximum absolute atomic E-state index is 12.4. The molecule has 3 rings (SSSR count). The van der Waals surface area contributed by atoms with Crippen molar-refractivity contribution in [3.63, 3.8) is 0 Å². The molecular weight excluding hydrogens is 292 g/mol. The molecule has 1 aromatic carbocycles. The molecule has 1 aliphatic rings. The molecule has 1 aliphatic heterocycles. The average Bonchev–Trinajstić information content (AvgIpc) is 2.56. The summed E-state index contributed by atoms with van der Waals surface area (Å²) in [5, 5.41) is 2.88. The number of rotatable bonds is 3. The minimum absolute atomic E-state index is 0.166. The van der Waals surface area contributed by atoms with Crippen LogP contribution in [0.1, 0.15) is 18.5 Å². The van der Waals surface area contributed by atoms with Crippen molar-refractivity contribution in [2.24, 2.45) is 5.73 Å². The number of benzene rings is 1. The molecule has 1 aromatic heterocycles. The number of ether oxygens (including phenoxy) is 1. The highest BCUT2D eigenvalue weighted by Gasteiger charge is 2.35. The fraction of sp³-hybridized carbons (Fsp3) is 0.353. The van der Waals surface area contributed by atoms with Gasteiger partial charge in [-0.15, -0.1) is 0 Å². The summed E-state index contributed by atoms with van der Waals surface area (Å²) in [5.74, 6) is 0.503. The zero-order chi connectivity index (χ0) is 16.3. The predicted molar refractivity (Wildman–Crippen MR) is 87.8 cm³/mol. The minimum Gasteiger partial charge on any atom is -0.381 e. The second kappa shape index (κ2) is 6.44. The number of anilines is 1. The summed E-state index contributed by atoms with van der Waals surface area (Å²) in [7, 11) is 0. The Labute approximate surface area is 135 Å². The monoisotopic (exact) mass is 312 g/mol. The first-order valence-electron chi connectivity index (χ1n) is 7.65. The van der Waals surface area contributed by atoms with Gasteiger partial charge in [0.25, 0.3) is 0 Å². The van der Waals surface area contributed by atoms with Crippen molar-refractivity contribution in [2.45, 2.75) is 25.3 Å². The second-order valence-electron chi connectivity index (χ2n) is 5.82. The standard InChI is InChI=1S/C17H20N4O2/c1-12-6-9-19-15(20-12)13-2-4-14(5-3-13)21-16(22)17(18)7-10-23-11-8-17/h2-6,9H,7-8,10-11,18H2,1H3,(H,21,22). The molecule has 0 radical (unpaired) electrons. The molecule has 1 fully saturated rings. The van der Waals surface area contributed by atoms with Crippen LogP contribution >= 0.6 is 0 Å². The van der Waals surface area contributed by atoms with E-state index < -0.39 is 5.54 Å². The maximum Gasteiger partial charge on any atom is 0.244 e. The number of amides is 1. The van der Waals surface area contributed by atoms with Crippen LogP contribution in [0.5, 0.6) is 0 Å². The fourth-order valence-electron chi connectivity index (χ4n) is 2.51. The third-order valence-electron chi connectivity index (χ3n) is 4.03. The molecule has 23 heavy (non-hydrogen) atoms. The fourth-order valence-corrected chi connectivity index (χ4v) is 2.51. The van der Waals surface area contributed by atoms with E-state index in [0.717, 1.165) is 11.3 Å². The zero-order valence-corrected chi connectivity index (χ0v) is 13.1. The van der Waals surface area contributed by atoms with E-state index in [1.54, 1.807) is 6.20 Å². The second-order valence-corrected chi connectivity index (χ2v) is 5.82. The Bertz CT molecular complexity index is 694. The summed E-state index contributed by atoms with van der Waals surface area (Å²) in [4.78, 5) is 21.0. The first-order valence-corrected chi connectivity index (χ1v) is 7.65. The van der Waals surface area contributed by atoms with E-state index in [9.17, 15) is 4.79 Å². The summed E-state index contributed by atoms with van der Waals surface area (Å²) in [6, 6.07) is 9.30. The molecule has 0 aliphatic carbocycles. The highest BCUT2D eigenvalue weighted by atomic mass is 16.5. The van der Waals surface area contributed by atoms with Gasteiger partial charge in [0.05, 0.1) is 0 Å². The van der Waals surface area contributed by atoms with Crippen LogP contribution in [0.2, 0.25) is 0 Å². The van der Waals surface area contributed by atoms with Crippen molar-refractivity contribution < 1.29 is 9.53 Å². The van der Waals surface area contributed by atoms with Crippen molar-refractivity contribution in [2.75, 3.05) is 18.5 Å². The quantitative estimate of drug-likeness (QED) is 0.903. The van der Waals surface area contributed by atoms with E-state index in [4.69, 9.17) is 10.5 Å². The summed E-state index contributed by atoms with van der Waals surface area (Å²) in [5.41, 5.74) is 7.85. The van der Waals surface area contributed by atoms with Gasteiger partial charge in [-0.1, -0.05) is 0 Å². The zero-order valence-electron chi connectivity index (χ0n) is 13.1. The Morgan fingerprint density at radius 2 is 1.91 bits per heavy atom. The van der Waals surface area contributed by atoms with E-state index >= 15 is 0 Å². The molecule has 6 heteroatoms. The number of carbonyl (C=O) groups excluding carboxylic acids is 1. The lowest BCUT2D eigenvalue weighted by Gasteiger charge is -2.31. The highest BCUT2D eigenvalue weighted by molar-refractivity contribution is 5.98. The Morgan fingerprint density at radius 1 is 1.22 bits per heavy atom. The van der Waals surface area contributed by atoms with Gasteiger partial charge in [0.1, 0.15) is 5.54 Å². The molecule has 3 N–H and O–H groups in total. The molecular formula is C17H20N4O2. The minimum atomic E-state index is -0.851. The van der Waals surface area contributed by atoms with Gasteiger partial charge in [-0.3, -0.25) is 4.79 Å². The topological polar surface area (TPSA) is 90.1 Å². The number of nitrogens with zero attached hydrogens (tertiary/aromatic N) is 2. The lowest BCUT2D eigenvalue weighted by atomic mass is 9.90. The van der Waals surface area contributed by atoms with E-state index in [-0.39, 0.29) is 5.91 Å². The molecule has 1 saturated heterocycles. The van der Waals surface area contributed by atoms with Gasteiger partial charge in [0.15, 0.2) is 5.82 Å². The van der Waals surface area contributed by atoms with Crippen molar-refractivity contribution in [3.8, 4) is 11.4 Å². The van der Waals surface area contributed by atoms with Gasteiger partial charge < -0.3 is 15.8 Å². The van der Waals surface area contributed by atoms with Crippen LogP contribution in [-0.4, -0.2) is 34.6 Å². The number of aromatic nitrogens is 2. The number of aryl methyl sites for hydroxylation is 1. The summed E-state index contributed by atoms with van der Waals surface area (Å²) < 4.78 is 5.27. The Hall–Kier alpha value is -2.31. The number of nitrogens with two attached hydrogens (primary N) is 1. The van der Waals surface area contributed by atoms with Crippen molar-refractivity contribution >= 4 is 11.6 Å². The van der Waals surface area contributed by atoms with Gasteiger partial charge in [-0.25, -0.2) is 9.97 Å². The molecule has 0 saturated carbocycles. The molecule has 1 amide bonds. The molecule has 120 valence electrons. The van der Waals surface area contributed by atoms with Crippen LogP contribution in [0.15, 0.2) is 36.5 Å². The van der Waals surface area contributed by atoms with Gasteiger partial charge in [0.2, 0.25) is 5.91 Å². The SMILES string of the molecule is Cc1ccnc(-c2ccc(NC(=O)C3(N)CCOCC3)cc2)n1. The molecule has 0 spiro atoms. The van der Waals surface area contributed by atoms with Crippen LogP contribution in [0.25, 0.3) is 11.4 Å². The Kier molecular flexibility index (Phi) is 4.36. The third-order valence-corrected chi connectivity index (χ3v) is 4.03. The van der Waals surface area contributed by atoms with Crippen LogP contribution in [-0.2, 0) is 9.53 Å². The van der Waals surface area contributed by atoms with E-state index in [0.29, 0.717) is 37.6 Å². The van der Waals surface area contributed by atoms with E-state index in [1.165, 1.54) is 0 Å². The van der Waals surface area contributed by atoms with Crippen molar-refractivity contribution in [1.82, 2.24) is 9.97 Å². The number of hydrogen-bond donors (Lipinski definition) is 2. The highest BCUT2D eigenvalue weighted by Crippen LogP contribution is 2.22. The van der Waals surface area contributed by atoms with Crippen molar-refractivity contribution in [3.05, 3.63) is 42.2 Å². The molecule has 2 aromatic rings. The predicted octanol–water partition coefficient (Wildman–Crippen LogP) is 1.90. The van der Waals surface area contributed by atoms with E-state index in [1.807, 2.05) is 37.3 Å². The van der Waals surface area contributed by atoms with Crippen molar-refractivity contribution in [1.29, 1.82) is 0 Å². The molecule has 2 heterocycles. The number of nitrogens with one attached hydrogen (secondary N) is 1. The van der Waals surface area contributed by atoms with Gasteiger partial charge in [0, 0.05) is 36.4 Å². The van der Waals surface area contributed by atoms with Crippen LogP contribution < -0.4 is 11.1 Å². The summed E-state index contributed by atoms with van der Waals surface area (Å²) in [6.07, 6.45) is 2.80. The normalized spacial score (nSPS) is 16.8. The van der Waals surface area contributed by atoms with Gasteiger partial charge in [-0.05, 0) is 50.1 Å². The maximum atomic E-state index is 12.4. The molecule has 0 atom stereocenters. The Morgan fingerprint density at radius 3 is 2.57 bits per heavy atom. The number of carbonyl (C=O) groups is 1. The van der Waals surface area contributed by atoms with E-state index in [2.05, 4.69) is 15.3 Å². The first-order chi connectivity index (χ1) is 11.1. The first kappa shape index (κ1) is 15.6. The number of hydrogen-bond acceptors (Lipinski definition) is 5. The summed E-state index contributed by atoms with van der Waals surface area (Å²) >= 11 is 0. The lowest BCUT2D eigenvalue weighted by molar-refractivity contribution is -0.124. The van der Waals surface area contributed by atoms with Gasteiger partial charge in [-0.2, -0.15) is 0 Å². The lowest BCUT2D eigenvalue weighted by Crippen LogP contribution is -2.54. The Balaban J connectivity index is 1.71. The average molecular weight is 312 g/mol. The van der Waals surface area contributed by atoms with Gasteiger partial charge >= 0.3 is 0 Å². The molecule has 0 bridgehead atoms. The third kappa shape index (κ3) is 3.55. The largest absolute Gasteiger partial charge is 0.381 e.